The van der Waals surface area contributed by atoms with Gasteiger partial charge in [-0.15, -0.1) is 0 Å². The summed E-state index contributed by atoms with van der Waals surface area (Å²) >= 11 is 0. The number of unbranched alkanes of at least 4 members (excludes halogenated alkanes) is 2. The lowest BCUT2D eigenvalue weighted by atomic mass is 9.51. The first-order valence-corrected chi connectivity index (χ1v) is 18.0. The van der Waals surface area contributed by atoms with Crippen LogP contribution in [0.5, 0.6) is 0 Å². The molecule has 1 spiro atoms. The molecule has 0 unspecified atom stereocenters. The minimum Gasteiger partial charge on any atom is -0.396 e. The third kappa shape index (κ3) is 10.3. The Morgan fingerprint density at radius 1 is 1.17 bits per heavy atom. The number of rotatable bonds is 21. The summed E-state index contributed by atoms with van der Waals surface area (Å²) in [6.45, 7) is 14.9. The molecule has 0 aliphatic heterocycles. The maximum atomic E-state index is 12.5. The van der Waals surface area contributed by atoms with E-state index in [9.17, 15) is 25.2 Å². The third-order valence-electron chi connectivity index (χ3n) is 10.7. The standard InChI is InChI=1S/C39H66N2O5/c1-7-9-10-19-36(44)33(17-12-15-29(3)14-11-16-30(4)27-41-8-2)34-21-23-39(37(34)45)35(18-13-26-42)32(31(5)28-43)20-22-38(39,46)24-25-40-6/h12,15-17,28,34-37,40-42,44-46H,3,7-11,13-14,18-27H2,1-2,4-6H3/b15-12+,30-16+,32-31-,33-17+/t34-,35-,36+,37+,38-,39+/m0/s1. The summed E-state index contributed by atoms with van der Waals surface area (Å²) in [4.78, 5) is 12.0. The second-order valence-corrected chi connectivity index (χ2v) is 13.8. The molecule has 0 aromatic carbocycles. The van der Waals surface area contributed by atoms with E-state index >= 15 is 0 Å². The molecule has 7 nitrogen and oxygen atoms in total. The summed E-state index contributed by atoms with van der Waals surface area (Å²) in [5, 5.41) is 53.0. The summed E-state index contributed by atoms with van der Waals surface area (Å²) in [6.07, 6.45) is 16.7. The Bertz CT molecular complexity index is 1080. The van der Waals surface area contributed by atoms with Gasteiger partial charge in [0.15, 0.2) is 0 Å². The van der Waals surface area contributed by atoms with Gasteiger partial charge in [-0.3, -0.25) is 4.79 Å². The van der Waals surface area contributed by atoms with Gasteiger partial charge >= 0.3 is 0 Å². The van der Waals surface area contributed by atoms with Crippen molar-refractivity contribution in [2.45, 2.75) is 129 Å². The SMILES string of the molecule is C=C(/C=C/C=C(/[C@H](O)CCCCC)[C@@H]1CC[C@]2([C@@H]1O)[C@@H](CCCO)/C(=C(/C)C=O)CC[C@]2(O)CCNC)CC/C=C(\C)CNCC. The maximum Gasteiger partial charge on any atom is 0.145 e. The lowest BCUT2D eigenvalue weighted by Gasteiger charge is -2.57. The van der Waals surface area contributed by atoms with E-state index in [2.05, 4.69) is 44.1 Å². The maximum absolute atomic E-state index is 12.5. The molecule has 6 atom stereocenters. The average molecular weight is 643 g/mol. The van der Waals surface area contributed by atoms with Crippen molar-refractivity contribution in [3.8, 4) is 0 Å². The molecule has 0 heterocycles. The Labute approximate surface area is 280 Å². The Balaban J connectivity index is 2.50. The molecule has 2 aliphatic rings. The van der Waals surface area contributed by atoms with Gasteiger partial charge in [0.2, 0.25) is 0 Å². The van der Waals surface area contributed by atoms with Crippen molar-refractivity contribution < 1.29 is 25.2 Å². The molecule has 2 saturated carbocycles. The summed E-state index contributed by atoms with van der Waals surface area (Å²) in [6, 6.07) is 0. The van der Waals surface area contributed by atoms with Crippen molar-refractivity contribution >= 4 is 6.29 Å². The number of allylic oxidation sites excluding steroid dienone is 7. The van der Waals surface area contributed by atoms with Crippen molar-refractivity contribution in [1.29, 1.82) is 0 Å². The van der Waals surface area contributed by atoms with Gasteiger partial charge in [-0.2, -0.15) is 0 Å². The van der Waals surface area contributed by atoms with Crippen molar-refractivity contribution in [3.05, 3.63) is 58.7 Å². The third-order valence-corrected chi connectivity index (χ3v) is 10.7. The van der Waals surface area contributed by atoms with Gasteiger partial charge in [-0.05, 0) is 115 Å². The highest BCUT2D eigenvalue weighted by Crippen LogP contribution is 2.64. The van der Waals surface area contributed by atoms with Crippen LogP contribution in [-0.2, 0) is 4.79 Å². The van der Waals surface area contributed by atoms with Crippen LogP contribution in [0.25, 0.3) is 0 Å². The second-order valence-electron chi connectivity index (χ2n) is 13.8. The Hall–Kier alpha value is -1.87. The summed E-state index contributed by atoms with van der Waals surface area (Å²) in [7, 11) is 1.87. The van der Waals surface area contributed by atoms with Gasteiger partial charge in [-0.1, -0.05) is 80.7 Å². The highest BCUT2D eigenvalue weighted by molar-refractivity contribution is 5.74. The Kier molecular flexibility index (Phi) is 17.9. The van der Waals surface area contributed by atoms with Crippen molar-refractivity contribution in [2.24, 2.45) is 17.3 Å². The zero-order valence-corrected chi connectivity index (χ0v) is 29.6. The number of nitrogens with one attached hydrogen (secondary N) is 2. The lowest BCUT2D eigenvalue weighted by molar-refractivity contribution is -0.181. The topological polar surface area (TPSA) is 122 Å². The van der Waals surface area contributed by atoms with Crippen LogP contribution in [0.15, 0.2) is 58.7 Å². The molecule has 0 aromatic rings. The molecule has 6 N–H and O–H groups in total. The molecule has 262 valence electrons. The zero-order valence-electron chi connectivity index (χ0n) is 29.6. The van der Waals surface area contributed by atoms with Crippen molar-refractivity contribution in [2.75, 3.05) is 33.3 Å². The van der Waals surface area contributed by atoms with Crippen LogP contribution in [0, 0.1) is 17.3 Å². The van der Waals surface area contributed by atoms with Crippen LogP contribution in [0.2, 0.25) is 0 Å². The highest BCUT2D eigenvalue weighted by atomic mass is 16.3. The minimum atomic E-state index is -1.16. The largest absolute Gasteiger partial charge is 0.396 e. The first-order chi connectivity index (χ1) is 22.1. The van der Waals surface area contributed by atoms with Crippen molar-refractivity contribution in [1.82, 2.24) is 10.6 Å². The average Bonchev–Trinajstić information content (AvgIpc) is 3.38. The summed E-state index contributed by atoms with van der Waals surface area (Å²) in [5.74, 6) is -0.571. The van der Waals surface area contributed by atoms with Crippen LogP contribution in [-0.4, -0.2) is 77.8 Å². The molecule has 2 fully saturated rings. The van der Waals surface area contributed by atoms with Crippen LogP contribution in [0.3, 0.4) is 0 Å². The van der Waals surface area contributed by atoms with Gasteiger partial charge in [0.05, 0.1) is 17.8 Å². The highest BCUT2D eigenvalue weighted by Gasteiger charge is 2.65. The first-order valence-electron chi connectivity index (χ1n) is 18.0. The van der Waals surface area contributed by atoms with E-state index in [1.54, 1.807) is 0 Å². The molecule has 0 bridgehead atoms. The van der Waals surface area contributed by atoms with Gasteiger partial charge in [0, 0.05) is 24.5 Å². The van der Waals surface area contributed by atoms with Gasteiger partial charge in [0.25, 0.3) is 0 Å². The Morgan fingerprint density at radius 3 is 2.59 bits per heavy atom. The van der Waals surface area contributed by atoms with Crippen molar-refractivity contribution in [3.63, 3.8) is 0 Å². The van der Waals surface area contributed by atoms with Crippen LogP contribution in [0.4, 0.5) is 0 Å². The number of carbonyl (C=O) groups is 1. The fourth-order valence-corrected chi connectivity index (χ4v) is 8.16. The number of aliphatic hydroxyl groups excluding tert-OH is 3. The van der Waals surface area contributed by atoms with Crippen LogP contribution >= 0.6 is 0 Å². The fraction of sp³-hybridized carbons (Fsp3) is 0.718. The van der Waals surface area contributed by atoms with E-state index in [-0.39, 0.29) is 18.4 Å². The smallest absolute Gasteiger partial charge is 0.145 e. The minimum absolute atomic E-state index is 0.00936. The normalized spacial score (nSPS) is 29.1. The molecule has 2 rings (SSSR count). The molecule has 46 heavy (non-hydrogen) atoms. The molecule has 2 aliphatic carbocycles. The number of aliphatic hydroxyl groups is 4. The molecule has 0 saturated heterocycles. The predicted molar refractivity (Wildman–Crippen MR) is 191 cm³/mol. The number of carbonyl (C=O) groups excluding carboxylic acids is 1. The summed E-state index contributed by atoms with van der Waals surface area (Å²) < 4.78 is 0. The number of aldehydes is 1. The summed E-state index contributed by atoms with van der Waals surface area (Å²) in [5.41, 5.74) is 2.74. The molecule has 7 heteroatoms. The van der Waals surface area contributed by atoms with Crippen LogP contribution < -0.4 is 10.6 Å². The van der Waals surface area contributed by atoms with Gasteiger partial charge < -0.3 is 31.1 Å². The van der Waals surface area contributed by atoms with Gasteiger partial charge in [0.1, 0.15) is 6.29 Å². The number of likely N-dealkylation sites (N-methyl/N-ethyl adjacent to an activating group) is 1. The first kappa shape index (κ1) is 40.3. The van der Waals surface area contributed by atoms with Gasteiger partial charge in [-0.25, -0.2) is 0 Å². The van der Waals surface area contributed by atoms with E-state index < -0.39 is 23.2 Å². The van der Waals surface area contributed by atoms with E-state index in [4.69, 9.17) is 0 Å². The predicted octanol–water partition coefficient (Wildman–Crippen LogP) is 6.10. The zero-order chi connectivity index (χ0) is 34.2. The van der Waals surface area contributed by atoms with E-state index in [0.717, 1.165) is 68.2 Å². The van der Waals surface area contributed by atoms with E-state index in [1.807, 2.05) is 32.2 Å². The number of hydrogen-bond acceptors (Lipinski definition) is 7. The molecule has 0 amide bonds. The quantitative estimate of drug-likeness (QED) is 0.0294. The molecule has 0 aromatic heterocycles. The van der Waals surface area contributed by atoms with E-state index in [0.29, 0.717) is 63.5 Å². The number of hydrogen-bond donors (Lipinski definition) is 6. The van der Waals surface area contributed by atoms with E-state index in [1.165, 1.54) is 5.57 Å². The molecule has 0 radical (unpaired) electrons. The second kappa shape index (κ2) is 20.5. The van der Waals surface area contributed by atoms with Crippen LogP contribution in [0.1, 0.15) is 111 Å². The molecular weight excluding hydrogens is 576 g/mol. The lowest BCUT2D eigenvalue weighted by Crippen LogP contribution is -2.61. The molecular formula is C39H66N2O5. The Morgan fingerprint density at radius 2 is 1.93 bits per heavy atom. The fourth-order valence-electron chi connectivity index (χ4n) is 8.16. The monoisotopic (exact) mass is 642 g/mol.